The standard InChI is InChI=1S/C5H8ClNO2S/c1-9-5(8)4-7(6)2-3-10-4/h4H,2-3H2,1H3. The number of hydrogen-bond acceptors (Lipinski definition) is 4. The van der Waals surface area contributed by atoms with Crippen molar-refractivity contribution in [2.24, 2.45) is 0 Å². The second kappa shape index (κ2) is 3.46. The highest BCUT2D eigenvalue weighted by molar-refractivity contribution is 8.00. The third kappa shape index (κ3) is 1.56. The first-order chi connectivity index (χ1) is 4.75. The molecule has 1 heterocycles. The topological polar surface area (TPSA) is 29.5 Å². The average molecular weight is 182 g/mol. The molecule has 0 radical (unpaired) electrons. The molecule has 1 aliphatic rings. The lowest BCUT2D eigenvalue weighted by Gasteiger charge is -2.11. The number of thioether (sulfide) groups is 1. The Hall–Kier alpha value is 0.0700. The smallest absolute Gasteiger partial charge is 0.334 e. The molecule has 1 fully saturated rings. The van der Waals surface area contributed by atoms with Gasteiger partial charge in [0.05, 0.1) is 7.11 Å². The minimum Gasteiger partial charge on any atom is -0.467 e. The van der Waals surface area contributed by atoms with Crippen LogP contribution in [0.3, 0.4) is 0 Å². The van der Waals surface area contributed by atoms with E-state index in [0.717, 1.165) is 12.3 Å². The summed E-state index contributed by atoms with van der Waals surface area (Å²) >= 11 is 7.17. The molecule has 1 aliphatic heterocycles. The van der Waals surface area contributed by atoms with Crippen molar-refractivity contribution in [1.82, 2.24) is 4.42 Å². The van der Waals surface area contributed by atoms with E-state index in [1.165, 1.54) is 23.3 Å². The first-order valence-electron chi connectivity index (χ1n) is 2.87. The first-order valence-corrected chi connectivity index (χ1v) is 4.26. The molecule has 0 aromatic rings. The van der Waals surface area contributed by atoms with Gasteiger partial charge >= 0.3 is 5.97 Å². The maximum atomic E-state index is 10.9. The Balaban J connectivity index is 2.46. The number of ether oxygens (including phenoxy) is 1. The fraction of sp³-hybridized carbons (Fsp3) is 0.800. The van der Waals surface area contributed by atoms with Crippen molar-refractivity contribution in [3.8, 4) is 0 Å². The molecule has 1 rings (SSSR count). The van der Waals surface area contributed by atoms with Gasteiger partial charge in [-0.1, -0.05) is 0 Å². The monoisotopic (exact) mass is 181 g/mol. The van der Waals surface area contributed by atoms with Crippen molar-refractivity contribution in [1.29, 1.82) is 0 Å². The molecule has 0 amide bonds. The Labute approximate surface area is 68.8 Å². The van der Waals surface area contributed by atoms with E-state index in [9.17, 15) is 4.79 Å². The predicted octanol–water partition coefficient (Wildman–Crippen LogP) is 0.688. The molecule has 0 aromatic heterocycles. The zero-order valence-electron chi connectivity index (χ0n) is 5.54. The van der Waals surface area contributed by atoms with Crippen LogP contribution < -0.4 is 0 Å². The minimum atomic E-state index is -0.299. The molecule has 1 saturated heterocycles. The lowest BCUT2D eigenvalue weighted by molar-refractivity contribution is -0.141. The van der Waals surface area contributed by atoms with Crippen LogP contribution in [0.2, 0.25) is 0 Å². The zero-order valence-corrected chi connectivity index (χ0v) is 7.11. The van der Waals surface area contributed by atoms with Crippen LogP contribution in [0, 0.1) is 0 Å². The Morgan fingerprint density at radius 1 is 1.90 bits per heavy atom. The SMILES string of the molecule is COC(=O)C1SCCN1Cl. The van der Waals surface area contributed by atoms with Gasteiger partial charge in [-0.3, -0.25) is 0 Å². The van der Waals surface area contributed by atoms with E-state index in [4.69, 9.17) is 11.8 Å². The van der Waals surface area contributed by atoms with Crippen molar-refractivity contribution in [2.45, 2.75) is 5.37 Å². The molecule has 0 saturated carbocycles. The lowest BCUT2D eigenvalue weighted by atomic mass is 10.6. The van der Waals surface area contributed by atoms with Crippen molar-refractivity contribution >= 4 is 29.5 Å². The molecule has 0 bridgehead atoms. The van der Waals surface area contributed by atoms with E-state index in [0.29, 0.717) is 0 Å². The van der Waals surface area contributed by atoms with E-state index >= 15 is 0 Å². The highest BCUT2D eigenvalue weighted by Gasteiger charge is 2.30. The van der Waals surface area contributed by atoms with E-state index in [1.807, 2.05) is 0 Å². The van der Waals surface area contributed by atoms with Crippen LogP contribution in [-0.4, -0.2) is 35.2 Å². The third-order valence-corrected chi connectivity index (χ3v) is 2.90. The molecule has 58 valence electrons. The van der Waals surface area contributed by atoms with E-state index in [-0.39, 0.29) is 11.3 Å². The summed E-state index contributed by atoms with van der Waals surface area (Å²) < 4.78 is 5.99. The summed E-state index contributed by atoms with van der Waals surface area (Å²) in [5, 5.41) is -0.299. The predicted molar refractivity (Wildman–Crippen MR) is 40.8 cm³/mol. The van der Waals surface area contributed by atoms with Crippen LogP contribution in [0.5, 0.6) is 0 Å². The normalized spacial score (nSPS) is 26.8. The molecule has 1 unspecified atom stereocenters. The maximum Gasteiger partial charge on any atom is 0.334 e. The van der Waals surface area contributed by atoms with Gasteiger partial charge in [0.1, 0.15) is 0 Å². The molecular weight excluding hydrogens is 174 g/mol. The molecule has 0 spiro atoms. The quantitative estimate of drug-likeness (QED) is 0.440. The first kappa shape index (κ1) is 8.17. The summed E-state index contributed by atoms with van der Waals surface area (Å²) in [6.45, 7) is 0.742. The Kier molecular flexibility index (Phi) is 2.82. The minimum absolute atomic E-state index is 0.266. The average Bonchev–Trinajstić information content (AvgIpc) is 2.34. The van der Waals surface area contributed by atoms with Gasteiger partial charge < -0.3 is 4.74 Å². The van der Waals surface area contributed by atoms with Gasteiger partial charge in [-0.15, -0.1) is 11.8 Å². The van der Waals surface area contributed by atoms with Gasteiger partial charge in [-0.2, -0.15) is 4.42 Å². The Morgan fingerprint density at radius 2 is 2.60 bits per heavy atom. The maximum absolute atomic E-state index is 10.9. The molecular formula is C5H8ClNO2S. The number of methoxy groups -OCH3 is 1. The van der Waals surface area contributed by atoms with Crippen molar-refractivity contribution in [3.05, 3.63) is 0 Å². The summed E-state index contributed by atoms with van der Waals surface area (Å²) in [7, 11) is 1.37. The number of rotatable bonds is 1. The molecule has 0 aliphatic carbocycles. The van der Waals surface area contributed by atoms with Gasteiger partial charge in [0.2, 0.25) is 0 Å². The van der Waals surface area contributed by atoms with Crippen molar-refractivity contribution < 1.29 is 9.53 Å². The second-order valence-corrected chi connectivity index (χ2v) is 3.49. The van der Waals surface area contributed by atoms with Crippen LogP contribution in [0.15, 0.2) is 0 Å². The van der Waals surface area contributed by atoms with Crippen LogP contribution >= 0.6 is 23.5 Å². The van der Waals surface area contributed by atoms with Gasteiger partial charge in [0.25, 0.3) is 0 Å². The Bertz CT molecular complexity index is 144. The molecule has 0 N–H and O–H groups in total. The van der Waals surface area contributed by atoms with Crippen molar-refractivity contribution in [2.75, 3.05) is 19.4 Å². The lowest BCUT2D eigenvalue weighted by Crippen LogP contribution is -2.28. The molecule has 5 heteroatoms. The molecule has 3 nitrogen and oxygen atoms in total. The summed E-state index contributed by atoms with van der Waals surface area (Å²) in [5.41, 5.74) is 0. The van der Waals surface area contributed by atoms with Crippen LogP contribution in [0.4, 0.5) is 0 Å². The number of esters is 1. The van der Waals surface area contributed by atoms with Gasteiger partial charge in [-0.25, -0.2) is 4.79 Å². The highest BCUT2D eigenvalue weighted by atomic mass is 35.5. The molecule has 1 atom stereocenters. The number of nitrogens with zero attached hydrogens (tertiary/aromatic N) is 1. The van der Waals surface area contributed by atoms with Crippen molar-refractivity contribution in [3.63, 3.8) is 0 Å². The van der Waals surface area contributed by atoms with Crippen LogP contribution in [-0.2, 0) is 9.53 Å². The summed E-state index contributed by atoms with van der Waals surface area (Å²) in [4.78, 5) is 10.9. The van der Waals surface area contributed by atoms with Gasteiger partial charge in [-0.05, 0) is 11.8 Å². The van der Waals surface area contributed by atoms with Gasteiger partial charge in [0.15, 0.2) is 5.37 Å². The molecule has 0 aromatic carbocycles. The van der Waals surface area contributed by atoms with Crippen LogP contribution in [0.1, 0.15) is 0 Å². The second-order valence-electron chi connectivity index (χ2n) is 1.87. The van der Waals surface area contributed by atoms with E-state index in [2.05, 4.69) is 4.74 Å². The van der Waals surface area contributed by atoms with Gasteiger partial charge in [0, 0.05) is 12.3 Å². The number of carbonyl (C=O) groups is 1. The third-order valence-electron chi connectivity index (χ3n) is 1.24. The zero-order chi connectivity index (χ0) is 7.56. The number of carbonyl (C=O) groups excluding carboxylic acids is 1. The van der Waals surface area contributed by atoms with Crippen LogP contribution in [0.25, 0.3) is 0 Å². The highest BCUT2D eigenvalue weighted by Crippen LogP contribution is 2.25. The number of halogens is 1. The molecule has 10 heavy (non-hydrogen) atoms. The summed E-state index contributed by atoms with van der Waals surface area (Å²) in [5.74, 6) is 0.626. The van der Waals surface area contributed by atoms with E-state index in [1.54, 1.807) is 0 Å². The largest absolute Gasteiger partial charge is 0.467 e. The van der Waals surface area contributed by atoms with E-state index < -0.39 is 0 Å². The summed E-state index contributed by atoms with van der Waals surface area (Å²) in [6, 6.07) is 0. The fourth-order valence-electron chi connectivity index (χ4n) is 0.733. The summed E-state index contributed by atoms with van der Waals surface area (Å²) in [6.07, 6.45) is 0. The fourth-order valence-corrected chi connectivity index (χ4v) is 2.19. The Morgan fingerprint density at radius 3 is 3.00 bits per heavy atom. The number of hydrogen-bond donors (Lipinski definition) is 0.